The van der Waals surface area contributed by atoms with E-state index >= 15 is 0 Å². The van der Waals surface area contributed by atoms with E-state index in [-0.39, 0.29) is 5.69 Å². The Balaban J connectivity index is 2.32. The predicted molar refractivity (Wildman–Crippen MR) is 68.0 cm³/mol. The number of halogens is 1. The lowest BCUT2D eigenvalue weighted by atomic mass is 9.82. The fraction of sp³-hybridized carbons (Fsp3) is 0.417. The molecule has 94 valence electrons. The Kier molecular flexibility index (Phi) is 3.64. The van der Waals surface area contributed by atoms with Crippen molar-refractivity contribution in [1.29, 1.82) is 5.26 Å². The van der Waals surface area contributed by atoms with Crippen molar-refractivity contribution in [3.05, 3.63) is 38.3 Å². The van der Waals surface area contributed by atoms with E-state index in [1.165, 1.54) is 6.07 Å². The van der Waals surface area contributed by atoms with E-state index in [1.807, 2.05) is 0 Å². The average Bonchev–Trinajstić information content (AvgIpc) is 2.81. The van der Waals surface area contributed by atoms with E-state index in [2.05, 4.69) is 22.0 Å². The number of benzene rings is 1. The van der Waals surface area contributed by atoms with Gasteiger partial charge in [0, 0.05) is 12.7 Å². The fourth-order valence-corrected chi connectivity index (χ4v) is 2.63. The highest BCUT2D eigenvalue weighted by Crippen LogP contribution is 2.36. The van der Waals surface area contributed by atoms with Gasteiger partial charge in [-0.1, -0.05) is 12.1 Å². The second-order valence-corrected chi connectivity index (χ2v) is 5.17. The van der Waals surface area contributed by atoms with Crippen LogP contribution in [0.4, 0.5) is 5.69 Å². The van der Waals surface area contributed by atoms with Crippen LogP contribution in [0.25, 0.3) is 0 Å². The minimum absolute atomic E-state index is 0.0273. The van der Waals surface area contributed by atoms with Crippen molar-refractivity contribution in [2.75, 3.05) is 13.2 Å². The third kappa shape index (κ3) is 2.37. The van der Waals surface area contributed by atoms with Crippen LogP contribution in [0.15, 0.2) is 22.7 Å². The molecule has 0 N–H and O–H groups in total. The fourth-order valence-electron chi connectivity index (χ4n) is 2.08. The summed E-state index contributed by atoms with van der Waals surface area (Å²) in [5.41, 5.74) is 0.244. The maximum Gasteiger partial charge on any atom is 0.283 e. The lowest BCUT2D eigenvalue weighted by Gasteiger charge is -2.18. The SMILES string of the molecule is N#CC1(Cc2cccc([N+](=O)[O-])c2Br)CCOC1. The van der Waals surface area contributed by atoms with Crippen LogP contribution in [-0.4, -0.2) is 18.1 Å². The summed E-state index contributed by atoms with van der Waals surface area (Å²) < 4.78 is 5.72. The first kappa shape index (κ1) is 13.0. The summed E-state index contributed by atoms with van der Waals surface area (Å²) in [6, 6.07) is 7.17. The van der Waals surface area contributed by atoms with Gasteiger partial charge in [-0.3, -0.25) is 10.1 Å². The van der Waals surface area contributed by atoms with Crippen LogP contribution >= 0.6 is 15.9 Å². The van der Waals surface area contributed by atoms with Crippen molar-refractivity contribution in [2.24, 2.45) is 5.41 Å². The molecular formula is C12H11BrN2O3. The maximum absolute atomic E-state index is 10.8. The highest BCUT2D eigenvalue weighted by molar-refractivity contribution is 9.10. The average molecular weight is 311 g/mol. The molecule has 1 atom stereocenters. The molecular weight excluding hydrogens is 300 g/mol. The van der Waals surface area contributed by atoms with Crippen molar-refractivity contribution < 1.29 is 9.66 Å². The summed E-state index contributed by atoms with van der Waals surface area (Å²) in [6.07, 6.45) is 1.13. The zero-order chi connectivity index (χ0) is 13.2. The molecule has 2 rings (SSSR count). The second kappa shape index (κ2) is 5.04. The Labute approximate surface area is 113 Å². The first-order valence-electron chi connectivity index (χ1n) is 5.49. The van der Waals surface area contributed by atoms with Gasteiger partial charge in [-0.05, 0) is 34.3 Å². The van der Waals surface area contributed by atoms with Crippen molar-refractivity contribution in [3.63, 3.8) is 0 Å². The van der Waals surface area contributed by atoms with E-state index in [9.17, 15) is 15.4 Å². The van der Waals surface area contributed by atoms with Gasteiger partial charge in [-0.2, -0.15) is 5.26 Å². The highest BCUT2D eigenvalue weighted by Gasteiger charge is 2.36. The van der Waals surface area contributed by atoms with E-state index < -0.39 is 10.3 Å². The molecule has 5 nitrogen and oxygen atoms in total. The van der Waals surface area contributed by atoms with Crippen molar-refractivity contribution >= 4 is 21.6 Å². The van der Waals surface area contributed by atoms with E-state index in [0.717, 1.165) is 5.56 Å². The van der Waals surface area contributed by atoms with Gasteiger partial charge in [0.05, 0.1) is 27.5 Å². The first-order chi connectivity index (χ1) is 8.58. The minimum Gasteiger partial charge on any atom is -0.380 e. The Morgan fingerprint density at radius 3 is 2.94 bits per heavy atom. The van der Waals surface area contributed by atoms with Crippen molar-refractivity contribution in [2.45, 2.75) is 12.8 Å². The van der Waals surface area contributed by atoms with Crippen LogP contribution in [0, 0.1) is 26.9 Å². The molecule has 0 radical (unpaired) electrons. The molecule has 0 saturated carbocycles. The molecule has 0 bridgehead atoms. The Bertz CT molecular complexity index is 519. The van der Waals surface area contributed by atoms with Gasteiger partial charge in [0.1, 0.15) is 0 Å². The van der Waals surface area contributed by atoms with E-state index in [0.29, 0.717) is 30.5 Å². The van der Waals surface area contributed by atoms with Crippen LogP contribution < -0.4 is 0 Å². The van der Waals surface area contributed by atoms with Crippen LogP contribution in [0.1, 0.15) is 12.0 Å². The van der Waals surface area contributed by atoms with Gasteiger partial charge in [0.2, 0.25) is 0 Å². The highest BCUT2D eigenvalue weighted by atomic mass is 79.9. The monoisotopic (exact) mass is 310 g/mol. The lowest BCUT2D eigenvalue weighted by Crippen LogP contribution is -2.22. The van der Waals surface area contributed by atoms with Crippen LogP contribution in [0.5, 0.6) is 0 Å². The van der Waals surface area contributed by atoms with Gasteiger partial charge in [0.25, 0.3) is 5.69 Å². The quantitative estimate of drug-likeness (QED) is 0.635. The van der Waals surface area contributed by atoms with Gasteiger partial charge < -0.3 is 4.74 Å². The van der Waals surface area contributed by atoms with Crippen molar-refractivity contribution in [3.8, 4) is 6.07 Å². The van der Waals surface area contributed by atoms with Crippen molar-refractivity contribution in [1.82, 2.24) is 0 Å². The Morgan fingerprint density at radius 2 is 2.39 bits per heavy atom. The van der Waals surface area contributed by atoms with E-state index in [1.54, 1.807) is 12.1 Å². The zero-order valence-electron chi connectivity index (χ0n) is 9.56. The number of nitriles is 1. The smallest absolute Gasteiger partial charge is 0.283 e. The molecule has 1 unspecified atom stereocenters. The third-order valence-electron chi connectivity index (χ3n) is 3.12. The summed E-state index contributed by atoms with van der Waals surface area (Å²) in [6.45, 7) is 0.957. The summed E-state index contributed by atoms with van der Waals surface area (Å²) >= 11 is 3.25. The molecule has 1 aromatic rings. The summed E-state index contributed by atoms with van der Waals surface area (Å²) in [7, 11) is 0. The number of nitro benzene ring substituents is 1. The van der Waals surface area contributed by atoms with Gasteiger partial charge >= 0.3 is 0 Å². The number of hydrogen-bond acceptors (Lipinski definition) is 4. The number of rotatable bonds is 3. The zero-order valence-corrected chi connectivity index (χ0v) is 11.1. The van der Waals surface area contributed by atoms with Crippen LogP contribution in [0.2, 0.25) is 0 Å². The van der Waals surface area contributed by atoms with E-state index in [4.69, 9.17) is 4.74 Å². The molecule has 0 aromatic heterocycles. The third-order valence-corrected chi connectivity index (χ3v) is 4.04. The lowest BCUT2D eigenvalue weighted by molar-refractivity contribution is -0.385. The number of hydrogen-bond donors (Lipinski definition) is 0. The molecule has 0 aliphatic carbocycles. The molecule has 1 heterocycles. The molecule has 1 aliphatic rings. The summed E-state index contributed by atoms with van der Waals surface area (Å²) in [4.78, 5) is 10.4. The van der Waals surface area contributed by atoms with Gasteiger partial charge in [0.15, 0.2) is 0 Å². The van der Waals surface area contributed by atoms with Gasteiger partial charge in [-0.25, -0.2) is 0 Å². The molecule has 1 aromatic carbocycles. The Morgan fingerprint density at radius 1 is 1.61 bits per heavy atom. The predicted octanol–water partition coefficient (Wildman–Crippen LogP) is 2.83. The normalized spacial score (nSPS) is 22.7. The second-order valence-electron chi connectivity index (χ2n) is 4.38. The van der Waals surface area contributed by atoms with Crippen LogP contribution in [0.3, 0.4) is 0 Å². The molecule has 1 fully saturated rings. The summed E-state index contributed by atoms with van der Waals surface area (Å²) in [5, 5.41) is 20.1. The standard InChI is InChI=1S/C12H11BrN2O3/c13-11-9(2-1-3-10(11)15(16)17)6-12(7-14)4-5-18-8-12/h1-3H,4-6,8H2. The van der Waals surface area contributed by atoms with Gasteiger partial charge in [-0.15, -0.1) is 0 Å². The maximum atomic E-state index is 10.8. The molecule has 6 heteroatoms. The minimum atomic E-state index is -0.558. The number of nitro groups is 1. The first-order valence-corrected chi connectivity index (χ1v) is 6.28. The van der Waals surface area contributed by atoms with Crippen LogP contribution in [-0.2, 0) is 11.2 Å². The topological polar surface area (TPSA) is 76.2 Å². The molecule has 1 aliphatic heterocycles. The molecule has 18 heavy (non-hydrogen) atoms. The molecule has 0 spiro atoms. The largest absolute Gasteiger partial charge is 0.380 e. The molecule has 0 amide bonds. The number of nitrogens with zero attached hydrogens (tertiary/aromatic N) is 2. The number of ether oxygens (including phenoxy) is 1. The summed E-state index contributed by atoms with van der Waals surface area (Å²) in [5.74, 6) is 0. The molecule has 1 saturated heterocycles. The Hall–Kier alpha value is -1.45.